The molecule has 0 saturated carbocycles. The van der Waals surface area contributed by atoms with E-state index in [4.69, 9.17) is 27.9 Å². The summed E-state index contributed by atoms with van der Waals surface area (Å²) < 4.78 is 5.80. The Morgan fingerprint density at radius 3 is 2.30 bits per heavy atom. The van der Waals surface area contributed by atoms with E-state index in [1.54, 1.807) is 60.7 Å². The van der Waals surface area contributed by atoms with Crippen LogP contribution < -0.4 is 0 Å². The third-order valence-corrected chi connectivity index (χ3v) is 5.22. The molecule has 0 bridgehead atoms. The molecule has 0 aliphatic heterocycles. The second kappa shape index (κ2) is 7.18. The summed E-state index contributed by atoms with van der Waals surface area (Å²) in [5.41, 5.74) is 2.24. The van der Waals surface area contributed by atoms with Gasteiger partial charge in [0.1, 0.15) is 6.10 Å². The van der Waals surface area contributed by atoms with E-state index in [0.717, 1.165) is 0 Å². The zero-order chi connectivity index (χ0) is 19.0. The first-order valence-electron chi connectivity index (χ1n) is 8.40. The van der Waals surface area contributed by atoms with Crippen molar-refractivity contribution in [1.82, 2.24) is 0 Å². The van der Waals surface area contributed by atoms with Gasteiger partial charge in [-0.2, -0.15) is 0 Å². The largest absolute Gasteiger partial charge is 0.453 e. The third-order valence-electron chi connectivity index (χ3n) is 4.66. The van der Waals surface area contributed by atoms with Crippen LogP contribution >= 0.6 is 23.2 Å². The number of hydrogen-bond acceptors (Lipinski definition) is 3. The first-order chi connectivity index (χ1) is 13.1. The number of fused-ring (bicyclic) bond motifs is 1. The van der Waals surface area contributed by atoms with E-state index in [1.165, 1.54) is 0 Å². The lowest BCUT2D eigenvalue weighted by Gasteiger charge is -2.21. The molecular formula is C22H14Cl2O3. The number of ketones is 1. The first kappa shape index (κ1) is 17.8. The molecule has 4 rings (SSSR count). The average Bonchev–Trinajstić information content (AvgIpc) is 2.95. The lowest BCUT2D eigenvalue weighted by molar-refractivity contribution is 0.0259. The molecule has 2 unspecified atom stereocenters. The van der Waals surface area contributed by atoms with Crippen molar-refractivity contribution in [3.05, 3.63) is 105 Å². The molecule has 0 spiro atoms. The summed E-state index contributed by atoms with van der Waals surface area (Å²) >= 11 is 12.4. The van der Waals surface area contributed by atoms with E-state index in [9.17, 15) is 9.59 Å². The normalized spacial score (nSPS) is 18.2. The van der Waals surface area contributed by atoms with Crippen molar-refractivity contribution >= 4 is 35.0 Å². The number of rotatable bonds is 3. The maximum Gasteiger partial charge on any atom is 0.338 e. The molecule has 5 heteroatoms. The van der Waals surface area contributed by atoms with Crippen LogP contribution in [0.15, 0.2) is 72.8 Å². The van der Waals surface area contributed by atoms with Gasteiger partial charge in [0.15, 0.2) is 5.78 Å². The zero-order valence-electron chi connectivity index (χ0n) is 14.1. The fourth-order valence-corrected chi connectivity index (χ4v) is 3.93. The predicted octanol–water partition coefficient (Wildman–Crippen LogP) is 5.87. The molecule has 0 fully saturated rings. The predicted molar refractivity (Wildman–Crippen MR) is 105 cm³/mol. The molecule has 27 heavy (non-hydrogen) atoms. The van der Waals surface area contributed by atoms with Crippen molar-refractivity contribution < 1.29 is 14.3 Å². The van der Waals surface area contributed by atoms with Crippen molar-refractivity contribution in [2.45, 2.75) is 12.0 Å². The number of carbonyl (C=O) groups excluding carboxylic acids is 2. The minimum Gasteiger partial charge on any atom is -0.453 e. The number of carbonyl (C=O) groups is 2. The van der Waals surface area contributed by atoms with Gasteiger partial charge < -0.3 is 4.74 Å². The van der Waals surface area contributed by atoms with Crippen LogP contribution in [0.3, 0.4) is 0 Å². The van der Waals surface area contributed by atoms with Gasteiger partial charge in [-0.05, 0) is 29.8 Å². The molecule has 134 valence electrons. The van der Waals surface area contributed by atoms with E-state index >= 15 is 0 Å². The molecule has 0 radical (unpaired) electrons. The molecule has 0 amide bonds. The molecule has 3 aromatic rings. The minimum atomic E-state index is -0.750. The number of benzene rings is 3. The maximum absolute atomic E-state index is 13.1. The van der Waals surface area contributed by atoms with E-state index in [-0.39, 0.29) is 5.78 Å². The summed E-state index contributed by atoms with van der Waals surface area (Å²) in [6, 6.07) is 20.8. The lowest BCUT2D eigenvalue weighted by Crippen LogP contribution is -2.18. The molecule has 1 aliphatic rings. The third kappa shape index (κ3) is 3.25. The van der Waals surface area contributed by atoms with Crippen LogP contribution in [0.4, 0.5) is 0 Å². The van der Waals surface area contributed by atoms with E-state index < -0.39 is 18.0 Å². The van der Waals surface area contributed by atoms with Gasteiger partial charge >= 0.3 is 5.97 Å². The average molecular weight is 397 g/mol. The number of Topliss-reactive ketones (excluding diaryl/α,β-unsaturated/α-hetero) is 1. The molecule has 0 heterocycles. The van der Waals surface area contributed by atoms with Gasteiger partial charge in [0.2, 0.25) is 0 Å². The second-order valence-electron chi connectivity index (χ2n) is 6.29. The number of ether oxygens (including phenoxy) is 1. The van der Waals surface area contributed by atoms with Gasteiger partial charge in [0.25, 0.3) is 0 Å². The Bertz CT molecular complexity index is 1030. The molecule has 0 saturated heterocycles. The molecule has 0 N–H and O–H groups in total. The number of halogens is 2. The van der Waals surface area contributed by atoms with Gasteiger partial charge in [0, 0.05) is 21.2 Å². The first-order valence-corrected chi connectivity index (χ1v) is 9.16. The van der Waals surface area contributed by atoms with Crippen molar-refractivity contribution in [2.24, 2.45) is 0 Å². The maximum atomic E-state index is 13.1. The molecule has 1 aliphatic carbocycles. The molecule has 3 aromatic carbocycles. The quantitative estimate of drug-likeness (QED) is 0.519. The summed E-state index contributed by atoms with van der Waals surface area (Å²) in [5, 5.41) is 0.846. The van der Waals surface area contributed by atoms with Crippen LogP contribution in [0.25, 0.3) is 0 Å². The van der Waals surface area contributed by atoms with Crippen molar-refractivity contribution in [2.75, 3.05) is 0 Å². The second-order valence-corrected chi connectivity index (χ2v) is 7.13. The van der Waals surface area contributed by atoms with Crippen LogP contribution in [0, 0.1) is 0 Å². The van der Waals surface area contributed by atoms with Crippen LogP contribution in [0.2, 0.25) is 10.0 Å². The molecule has 0 aromatic heterocycles. The highest BCUT2D eigenvalue weighted by Crippen LogP contribution is 2.47. The standard InChI is InChI=1S/C22H14Cl2O3/c23-14-10-11-17(18(24)12-14)19-20(25)15-8-4-5-9-16(15)21(19)27-22(26)13-6-2-1-3-7-13/h1-12,19,21H. The monoisotopic (exact) mass is 396 g/mol. The van der Waals surface area contributed by atoms with Crippen molar-refractivity contribution in [3.8, 4) is 0 Å². The fraction of sp³-hybridized carbons (Fsp3) is 0.0909. The highest BCUT2D eigenvalue weighted by atomic mass is 35.5. The number of esters is 1. The van der Waals surface area contributed by atoms with Crippen LogP contribution in [-0.4, -0.2) is 11.8 Å². The van der Waals surface area contributed by atoms with Crippen LogP contribution in [-0.2, 0) is 4.74 Å². The Morgan fingerprint density at radius 2 is 1.56 bits per heavy atom. The topological polar surface area (TPSA) is 43.4 Å². The Kier molecular flexibility index (Phi) is 4.73. The molecular weight excluding hydrogens is 383 g/mol. The van der Waals surface area contributed by atoms with E-state index in [0.29, 0.717) is 32.3 Å². The highest BCUT2D eigenvalue weighted by Gasteiger charge is 2.44. The minimum absolute atomic E-state index is 0.124. The van der Waals surface area contributed by atoms with Crippen LogP contribution in [0.1, 0.15) is 43.9 Å². The van der Waals surface area contributed by atoms with Crippen molar-refractivity contribution in [1.29, 1.82) is 0 Å². The highest BCUT2D eigenvalue weighted by molar-refractivity contribution is 6.35. The summed E-state index contributed by atoms with van der Waals surface area (Å²) in [6.45, 7) is 0. The van der Waals surface area contributed by atoms with Crippen LogP contribution in [0.5, 0.6) is 0 Å². The smallest absolute Gasteiger partial charge is 0.338 e. The Morgan fingerprint density at radius 1 is 0.852 bits per heavy atom. The summed E-state index contributed by atoms with van der Waals surface area (Å²) in [7, 11) is 0. The summed E-state index contributed by atoms with van der Waals surface area (Å²) in [4.78, 5) is 25.7. The van der Waals surface area contributed by atoms with E-state index in [2.05, 4.69) is 0 Å². The Labute approximate surface area is 166 Å². The Hall–Kier alpha value is -2.62. The van der Waals surface area contributed by atoms with Gasteiger partial charge in [-0.1, -0.05) is 71.7 Å². The SMILES string of the molecule is O=C(OC1c2ccccc2C(=O)C1c1ccc(Cl)cc1Cl)c1ccccc1. The van der Waals surface area contributed by atoms with Gasteiger partial charge in [0.05, 0.1) is 11.5 Å². The molecule has 2 atom stereocenters. The van der Waals surface area contributed by atoms with Gasteiger partial charge in [-0.25, -0.2) is 4.79 Å². The lowest BCUT2D eigenvalue weighted by atomic mass is 9.93. The summed E-state index contributed by atoms with van der Waals surface area (Å²) in [5.74, 6) is -1.32. The molecule has 3 nitrogen and oxygen atoms in total. The van der Waals surface area contributed by atoms with Crippen molar-refractivity contribution in [3.63, 3.8) is 0 Å². The summed E-state index contributed by atoms with van der Waals surface area (Å²) in [6.07, 6.45) is -0.750. The van der Waals surface area contributed by atoms with Gasteiger partial charge in [-0.15, -0.1) is 0 Å². The zero-order valence-corrected chi connectivity index (χ0v) is 15.6. The fourth-order valence-electron chi connectivity index (χ4n) is 3.40. The van der Waals surface area contributed by atoms with E-state index in [1.807, 2.05) is 12.1 Å². The number of hydrogen-bond donors (Lipinski definition) is 0. The van der Waals surface area contributed by atoms with Gasteiger partial charge in [-0.3, -0.25) is 4.79 Å². The Balaban J connectivity index is 1.77.